The lowest BCUT2D eigenvalue weighted by Crippen LogP contribution is -2.30. The first-order valence-electron chi connectivity index (χ1n) is 6.03. The highest BCUT2D eigenvalue weighted by Gasteiger charge is 2.29. The second-order valence-electron chi connectivity index (χ2n) is 4.82. The standard InChI is InChI=1S/C14H22FN/c1-12(2)7-6-10-14(15,11-16)13-8-4-3-5-9-13/h3-5,8-9,12H,6-7,10-11,16H2,1-2H3. The predicted molar refractivity (Wildman–Crippen MR) is 67.0 cm³/mol. The van der Waals surface area contributed by atoms with E-state index in [1.807, 2.05) is 30.3 Å². The van der Waals surface area contributed by atoms with Crippen molar-refractivity contribution in [1.82, 2.24) is 0 Å². The van der Waals surface area contributed by atoms with E-state index >= 15 is 0 Å². The van der Waals surface area contributed by atoms with Crippen molar-refractivity contribution >= 4 is 0 Å². The minimum Gasteiger partial charge on any atom is -0.327 e. The van der Waals surface area contributed by atoms with Crippen molar-refractivity contribution in [2.75, 3.05) is 6.54 Å². The molecule has 0 heterocycles. The summed E-state index contributed by atoms with van der Waals surface area (Å²) in [5.74, 6) is 0.623. The van der Waals surface area contributed by atoms with Crippen LogP contribution in [0, 0.1) is 5.92 Å². The molecule has 0 bridgehead atoms. The van der Waals surface area contributed by atoms with Crippen LogP contribution < -0.4 is 5.73 Å². The fraction of sp³-hybridized carbons (Fsp3) is 0.571. The predicted octanol–water partition coefficient (Wildman–Crippen LogP) is 3.64. The molecule has 0 radical (unpaired) electrons. The summed E-state index contributed by atoms with van der Waals surface area (Å²) in [5, 5.41) is 0. The van der Waals surface area contributed by atoms with Crippen molar-refractivity contribution in [1.29, 1.82) is 0 Å². The molecule has 0 fully saturated rings. The van der Waals surface area contributed by atoms with Crippen LogP contribution in [0.1, 0.15) is 38.7 Å². The quantitative estimate of drug-likeness (QED) is 0.783. The van der Waals surface area contributed by atoms with Crippen molar-refractivity contribution < 1.29 is 4.39 Å². The molecule has 0 amide bonds. The SMILES string of the molecule is CC(C)CCCC(F)(CN)c1ccccc1. The maximum absolute atomic E-state index is 14.6. The Balaban J connectivity index is 2.63. The van der Waals surface area contributed by atoms with Crippen molar-refractivity contribution in [2.45, 2.75) is 38.8 Å². The number of halogens is 1. The van der Waals surface area contributed by atoms with E-state index in [9.17, 15) is 4.39 Å². The summed E-state index contributed by atoms with van der Waals surface area (Å²) in [5.41, 5.74) is 4.94. The second-order valence-corrected chi connectivity index (χ2v) is 4.82. The number of alkyl halides is 1. The van der Waals surface area contributed by atoms with Crippen LogP contribution in [-0.2, 0) is 5.67 Å². The molecule has 90 valence electrons. The highest BCUT2D eigenvalue weighted by atomic mass is 19.1. The third kappa shape index (κ3) is 3.60. The molecule has 2 heteroatoms. The van der Waals surface area contributed by atoms with Crippen LogP contribution in [-0.4, -0.2) is 6.54 Å². The summed E-state index contributed by atoms with van der Waals surface area (Å²) in [6.45, 7) is 4.38. The Labute approximate surface area is 97.9 Å². The average Bonchev–Trinajstić information content (AvgIpc) is 2.29. The summed E-state index contributed by atoms with van der Waals surface area (Å²) >= 11 is 0. The lowest BCUT2D eigenvalue weighted by Gasteiger charge is -2.24. The summed E-state index contributed by atoms with van der Waals surface area (Å²) < 4.78 is 14.6. The van der Waals surface area contributed by atoms with E-state index in [4.69, 9.17) is 5.73 Å². The summed E-state index contributed by atoms with van der Waals surface area (Å²) in [6, 6.07) is 9.27. The minimum atomic E-state index is -1.35. The fourth-order valence-corrected chi connectivity index (χ4v) is 1.89. The molecule has 16 heavy (non-hydrogen) atoms. The Kier molecular flexibility index (Phi) is 4.94. The van der Waals surface area contributed by atoms with Crippen molar-refractivity contribution in [3.05, 3.63) is 35.9 Å². The molecule has 1 aromatic carbocycles. The first kappa shape index (κ1) is 13.2. The molecule has 0 aliphatic rings. The van der Waals surface area contributed by atoms with Gasteiger partial charge in [-0.3, -0.25) is 0 Å². The van der Waals surface area contributed by atoms with Crippen LogP contribution in [0.3, 0.4) is 0 Å². The molecule has 1 unspecified atom stereocenters. The Morgan fingerprint density at radius 3 is 2.38 bits per heavy atom. The van der Waals surface area contributed by atoms with E-state index < -0.39 is 5.67 Å². The van der Waals surface area contributed by atoms with Gasteiger partial charge in [-0.1, -0.05) is 50.6 Å². The normalized spacial score (nSPS) is 15.1. The molecule has 0 saturated heterocycles. The highest BCUT2D eigenvalue weighted by Crippen LogP contribution is 2.31. The van der Waals surface area contributed by atoms with Crippen LogP contribution in [0.25, 0.3) is 0 Å². The van der Waals surface area contributed by atoms with Gasteiger partial charge in [0.25, 0.3) is 0 Å². The maximum Gasteiger partial charge on any atom is 0.148 e. The number of nitrogens with two attached hydrogens (primary N) is 1. The molecule has 0 aliphatic heterocycles. The summed E-state index contributed by atoms with van der Waals surface area (Å²) in [7, 11) is 0. The first-order chi connectivity index (χ1) is 7.58. The number of hydrogen-bond acceptors (Lipinski definition) is 1. The van der Waals surface area contributed by atoms with Crippen LogP contribution in [0.15, 0.2) is 30.3 Å². The van der Waals surface area contributed by atoms with Crippen molar-refractivity contribution in [3.8, 4) is 0 Å². The Hall–Kier alpha value is -0.890. The zero-order valence-electron chi connectivity index (χ0n) is 10.2. The molecule has 0 aliphatic carbocycles. The zero-order chi connectivity index (χ0) is 12.0. The summed E-state index contributed by atoms with van der Waals surface area (Å²) in [4.78, 5) is 0. The molecule has 0 saturated carbocycles. The van der Waals surface area contributed by atoms with Gasteiger partial charge < -0.3 is 5.73 Å². The molecule has 1 aromatic rings. The number of hydrogen-bond donors (Lipinski definition) is 1. The van der Waals surface area contributed by atoms with Gasteiger partial charge in [-0.05, 0) is 24.3 Å². The molecule has 2 N–H and O–H groups in total. The molecular weight excluding hydrogens is 201 g/mol. The van der Waals surface area contributed by atoms with Crippen LogP contribution >= 0.6 is 0 Å². The molecule has 1 rings (SSSR count). The number of benzene rings is 1. The largest absolute Gasteiger partial charge is 0.327 e. The monoisotopic (exact) mass is 223 g/mol. The van der Waals surface area contributed by atoms with Crippen LogP contribution in [0.4, 0.5) is 4.39 Å². The molecule has 0 aromatic heterocycles. The van der Waals surface area contributed by atoms with E-state index in [0.29, 0.717) is 17.9 Å². The van der Waals surface area contributed by atoms with Gasteiger partial charge >= 0.3 is 0 Å². The highest BCUT2D eigenvalue weighted by molar-refractivity contribution is 5.22. The van der Waals surface area contributed by atoms with Gasteiger partial charge in [-0.2, -0.15) is 0 Å². The van der Waals surface area contributed by atoms with Gasteiger partial charge in [0.15, 0.2) is 0 Å². The van der Waals surface area contributed by atoms with Gasteiger partial charge in [0, 0.05) is 6.54 Å². The van der Waals surface area contributed by atoms with E-state index in [1.54, 1.807) is 0 Å². The lowest BCUT2D eigenvalue weighted by molar-refractivity contribution is 0.154. The Bertz CT molecular complexity index is 297. The van der Waals surface area contributed by atoms with Gasteiger partial charge in [-0.25, -0.2) is 4.39 Å². The topological polar surface area (TPSA) is 26.0 Å². The van der Waals surface area contributed by atoms with Crippen molar-refractivity contribution in [2.24, 2.45) is 11.7 Å². The van der Waals surface area contributed by atoms with E-state index in [1.165, 1.54) is 0 Å². The Morgan fingerprint density at radius 1 is 1.25 bits per heavy atom. The smallest absolute Gasteiger partial charge is 0.148 e. The van der Waals surface area contributed by atoms with Crippen LogP contribution in [0.5, 0.6) is 0 Å². The average molecular weight is 223 g/mol. The van der Waals surface area contributed by atoms with Gasteiger partial charge in [0.05, 0.1) is 0 Å². The second kappa shape index (κ2) is 6.00. The first-order valence-corrected chi connectivity index (χ1v) is 6.03. The lowest BCUT2D eigenvalue weighted by atomic mass is 9.89. The van der Waals surface area contributed by atoms with E-state index in [2.05, 4.69) is 13.8 Å². The Morgan fingerprint density at radius 2 is 1.88 bits per heavy atom. The molecular formula is C14H22FN. The summed E-state index contributed by atoms with van der Waals surface area (Å²) in [6.07, 6.45) is 2.46. The van der Waals surface area contributed by atoms with Gasteiger partial charge in [0.2, 0.25) is 0 Å². The van der Waals surface area contributed by atoms with Gasteiger partial charge in [-0.15, -0.1) is 0 Å². The van der Waals surface area contributed by atoms with Gasteiger partial charge in [0.1, 0.15) is 5.67 Å². The van der Waals surface area contributed by atoms with E-state index in [0.717, 1.165) is 12.8 Å². The zero-order valence-corrected chi connectivity index (χ0v) is 10.2. The third-order valence-electron chi connectivity index (χ3n) is 2.97. The maximum atomic E-state index is 14.6. The third-order valence-corrected chi connectivity index (χ3v) is 2.97. The number of rotatable bonds is 6. The van der Waals surface area contributed by atoms with E-state index in [-0.39, 0.29) is 6.54 Å². The fourth-order valence-electron chi connectivity index (χ4n) is 1.89. The van der Waals surface area contributed by atoms with Crippen molar-refractivity contribution in [3.63, 3.8) is 0 Å². The molecule has 0 spiro atoms. The molecule has 1 nitrogen and oxygen atoms in total. The minimum absolute atomic E-state index is 0.0646. The van der Waals surface area contributed by atoms with Crippen LogP contribution in [0.2, 0.25) is 0 Å². The molecule has 1 atom stereocenters.